The summed E-state index contributed by atoms with van der Waals surface area (Å²) in [4.78, 5) is 18.2. The summed E-state index contributed by atoms with van der Waals surface area (Å²) in [6.45, 7) is 10.7. The molecule has 2 fully saturated rings. The van der Waals surface area contributed by atoms with Crippen molar-refractivity contribution in [3.63, 3.8) is 0 Å². The van der Waals surface area contributed by atoms with Crippen LogP contribution in [-0.4, -0.2) is 73.0 Å². The standard InChI is InChI=1S/C13H25N3O/c1-13(17)16-11-9-15(10-12-16)8-4-7-14-5-2-3-6-14/h2-12H2,1H3. The van der Waals surface area contributed by atoms with Crippen molar-refractivity contribution < 1.29 is 4.79 Å². The summed E-state index contributed by atoms with van der Waals surface area (Å²) in [6, 6.07) is 0. The molecule has 0 radical (unpaired) electrons. The van der Waals surface area contributed by atoms with E-state index in [2.05, 4.69) is 9.80 Å². The predicted octanol–water partition coefficient (Wildman–Crippen LogP) is 0.636. The van der Waals surface area contributed by atoms with Crippen molar-refractivity contribution in [3.05, 3.63) is 0 Å². The number of likely N-dealkylation sites (tertiary alicyclic amines) is 1. The SMILES string of the molecule is CC(=O)N1CCN(CCCN2CCCC2)CC1. The van der Waals surface area contributed by atoms with Crippen LogP contribution in [0.5, 0.6) is 0 Å². The first-order valence-corrected chi connectivity index (χ1v) is 6.96. The lowest BCUT2D eigenvalue weighted by atomic mass is 10.3. The molecule has 0 atom stereocenters. The minimum atomic E-state index is 0.224. The van der Waals surface area contributed by atoms with Crippen molar-refractivity contribution in [3.8, 4) is 0 Å². The van der Waals surface area contributed by atoms with Gasteiger partial charge in [-0.3, -0.25) is 9.69 Å². The molecule has 2 aliphatic rings. The second-order valence-corrected chi connectivity index (χ2v) is 5.25. The van der Waals surface area contributed by atoms with Crippen molar-refractivity contribution in [2.24, 2.45) is 0 Å². The van der Waals surface area contributed by atoms with Gasteiger partial charge in [0, 0.05) is 33.1 Å². The molecule has 0 spiro atoms. The van der Waals surface area contributed by atoms with Crippen LogP contribution >= 0.6 is 0 Å². The first-order chi connectivity index (χ1) is 8.25. The third kappa shape index (κ3) is 3.96. The first kappa shape index (κ1) is 12.8. The molecule has 0 aliphatic carbocycles. The van der Waals surface area contributed by atoms with E-state index in [1.807, 2.05) is 4.90 Å². The summed E-state index contributed by atoms with van der Waals surface area (Å²) >= 11 is 0. The third-order valence-electron chi connectivity index (χ3n) is 3.96. The van der Waals surface area contributed by atoms with E-state index >= 15 is 0 Å². The molecule has 4 heteroatoms. The summed E-state index contributed by atoms with van der Waals surface area (Å²) in [5.41, 5.74) is 0. The van der Waals surface area contributed by atoms with Crippen molar-refractivity contribution in [1.29, 1.82) is 0 Å². The fraction of sp³-hybridized carbons (Fsp3) is 0.923. The smallest absolute Gasteiger partial charge is 0.219 e. The van der Waals surface area contributed by atoms with Gasteiger partial charge in [0.1, 0.15) is 0 Å². The lowest BCUT2D eigenvalue weighted by Crippen LogP contribution is -2.48. The molecule has 0 aromatic heterocycles. The van der Waals surface area contributed by atoms with E-state index in [1.54, 1.807) is 6.92 Å². The van der Waals surface area contributed by atoms with Gasteiger partial charge in [-0.25, -0.2) is 0 Å². The van der Waals surface area contributed by atoms with E-state index in [0.717, 1.165) is 26.2 Å². The zero-order valence-electron chi connectivity index (χ0n) is 11.0. The van der Waals surface area contributed by atoms with Crippen LogP contribution in [0.1, 0.15) is 26.2 Å². The van der Waals surface area contributed by atoms with Crippen LogP contribution in [0.2, 0.25) is 0 Å². The highest BCUT2D eigenvalue weighted by atomic mass is 16.2. The molecule has 2 heterocycles. The largest absolute Gasteiger partial charge is 0.340 e. The van der Waals surface area contributed by atoms with Gasteiger partial charge in [-0.1, -0.05) is 0 Å². The number of rotatable bonds is 4. The van der Waals surface area contributed by atoms with E-state index in [4.69, 9.17) is 0 Å². The van der Waals surface area contributed by atoms with Crippen LogP contribution in [0.25, 0.3) is 0 Å². The van der Waals surface area contributed by atoms with Crippen LogP contribution in [0.4, 0.5) is 0 Å². The van der Waals surface area contributed by atoms with E-state index in [9.17, 15) is 4.79 Å². The number of hydrogen-bond acceptors (Lipinski definition) is 3. The third-order valence-corrected chi connectivity index (χ3v) is 3.96. The van der Waals surface area contributed by atoms with Crippen molar-refractivity contribution in [2.45, 2.75) is 26.2 Å². The van der Waals surface area contributed by atoms with Gasteiger partial charge >= 0.3 is 0 Å². The molecule has 2 saturated heterocycles. The van der Waals surface area contributed by atoms with Crippen LogP contribution < -0.4 is 0 Å². The molecule has 0 aromatic carbocycles. The highest BCUT2D eigenvalue weighted by Gasteiger charge is 2.18. The van der Waals surface area contributed by atoms with Crippen molar-refractivity contribution in [2.75, 3.05) is 52.4 Å². The first-order valence-electron chi connectivity index (χ1n) is 6.96. The summed E-state index contributed by atoms with van der Waals surface area (Å²) in [6.07, 6.45) is 4.05. The predicted molar refractivity (Wildman–Crippen MR) is 69.0 cm³/mol. The Bertz CT molecular complexity index is 243. The number of piperazine rings is 1. The number of carbonyl (C=O) groups is 1. The minimum Gasteiger partial charge on any atom is -0.340 e. The molecule has 2 rings (SSSR count). The fourth-order valence-corrected chi connectivity index (χ4v) is 2.81. The van der Waals surface area contributed by atoms with Crippen LogP contribution in [-0.2, 0) is 4.79 Å². The van der Waals surface area contributed by atoms with E-state index < -0.39 is 0 Å². The highest BCUT2D eigenvalue weighted by molar-refractivity contribution is 5.73. The Morgan fingerprint density at radius 2 is 1.41 bits per heavy atom. The molecule has 0 aromatic rings. The van der Waals surface area contributed by atoms with Gasteiger partial charge in [0.15, 0.2) is 0 Å². The van der Waals surface area contributed by atoms with Gasteiger partial charge in [0.2, 0.25) is 5.91 Å². The average Bonchev–Trinajstić information content (AvgIpc) is 2.83. The van der Waals surface area contributed by atoms with Crippen LogP contribution in [0.15, 0.2) is 0 Å². The van der Waals surface area contributed by atoms with E-state index in [-0.39, 0.29) is 5.91 Å². The Kier molecular flexibility index (Phi) is 4.80. The van der Waals surface area contributed by atoms with Gasteiger partial charge in [0.05, 0.1) is 0 Å². The van der Waals surface area contributed by atoms with Gasteiger partial charge in [-0.15, -0.1) is 0 Å². The topological polar surface area (TPSA) is 26.8 Å². The minimum absolute atomic E-state index is 0.224. The quantitative estimate of drug-likeness (QED) is 0.720. The highest BCUT2D eigenvalue weighted by Crippen LogP contribution is 2.08. The number of amides is 1. The average molecular weight is 239 g/mol. The van der Waals surface area contributed by atoms with Gasteiger partial charge in [-0.05, 0) is 45.4 Å². The lowest BCUT2D eigenvalue weighted by molar-refractivity contribution is -0.130. The second kappa shape index (κ2) is 6.36. The Hall–Kier alpha value is -0.610. The molecule has 0 bridgehead atoms. The zero-order valence-corrected chi connectivity index (χ0v) is 11.0. The summed E-state index contributed by atoms with van der Waals surface area (Å²) in [5, 5.41) is 0. The van der Waals surface area contributed by atoms with Crippen LogP contribution in [0, 0.1) is 0 Å². The van der Waals surface area contributed by atoms with Crippen LogP contribution in [0.3, 0.4) is 0 Å². The maximum absolute atomic E-state index is 11.2. The molecule has 0 saturated carbocycles. The summed E-state index contributed by atoms with van der Waals surface area (Å²) in [5.74, 6) is 0.224. The Balaban J connectivity index is 1.56. The molecular weight excluding hydrogens is 214 g/mol. The van der Waals surface area contributed by atoms with Gasteiger partial charge < -0.3 is 9.80 Å². The Morgan fingerprint density at radius 1 is 0.882 bits per heavy atom. The van der Waals surface area contributed by atoms with Gasteiger partial charge in [0.25, 0.3) is 0 Å². The molecule has 0 unspecified atom stereocenters. The maximum atomic E-state index is 11.2. The Morgan fingerprint density at radius 3 is 1.94 bits per heavy atom. The monoisotopic (exact) mass is 239 g/mol. The lowest BCUT2D eigenvalue weighted by Gasteiger charge is -2.34. The van der Waals surface area contributed by atoms with E-state index in [1.165, 1.54) is 45.4 Å². The molecule has 1 amide bonds. The molecule has 2 aliphatic heterocycles. The Labute approximate surface area is 105 Å². The molecule has 98 valence electrons. The number of carbonyl (C=O) groups excluding carboxylic acids is 1. The second-order valence-electron chi connectivity index (χ2n) is 5.25. The molecular formula is C13H25N3O. The molecule has 4 nitrogen and oxygen atoms in total. The van der Waals surface area contributed by atoms with Crippen molar-refractivity contribution >= 4 is 5.91 Å². The summed E-state index contributed by atoms with van der Waals surface area (Å²) in [7, 11) is 0. The van der Waals surface area contributed by atoms with Crippen molar-refractivity contribution in [1.82, 2.24) is 14.7 Å². The number of hydrogen-bond donors (Lipinski definition) is 0. The zero-order chi connectivity index (χ0) is 12.1. The molecule has 17 heavy (non-hydrogen) atoms. The van der Waals surface area contributed by atoms with E-state index in [0.29, 0.717) is 0 Å². The summed E-state index contributed by atoms with van der Waals surface area (Å²) < 4.78 is 0. The fourth-order valence-electron chi connectivity index (χ4n) is 2.81. The number of nitrogens with zero attached hydrogens (tertiary/aromatic N) is 3. The van der Waals surface area contributed by atoms with Gasteiger partial charge in [-0.2, -0.15) is 0 Å². The molecule has 0 N–H and O–H groups in total. The maximum Gasteiger partial charge on any atom is 0.219 e. The normalized spacial score (nSPS) is 23.2.